The third kappa shape index (κ3) is 4.45. The number of piperazine rings is 1. The molecule has 1 atom stereocenters. The zero-order chi connectivity index (χ0) is 20.2. The number of carbonyl (C=O) groups excluding carboxylic acids is 1. The topological polar surface area (TPSA) is 54.0 Å². The van der Waals surface area contributed by atoms with E-state index in [2.05, 4.69) is 15.1 Å². The summed E-state index contributed by atoms with van der Waals surface area (Å²) in [5, 5.41) is 3.02. The largest absolute Gasteiger partial charge is 0.486 e. The summed E-state index contributed by atoms with van der Waals surface area (Å²) in [6.45, 7) is 6.58. The van der Waals surface area contributed by atoms with Crippen LogP contribution >= 0.6 is 0 Å². The predicted molar refractivity (Wildman–Crippen MR) is 109 cm³/mol. The number of anilines is 1. The van der Waals surface area contributed by atoms with Crippen LogP contribution in [0.15, 0.2) is 42.5 Å². The molecular weight excluding hydrogens is 373 g/mol. The second kappa shape index (κ2) is 8.69. The quantitative estimate of drug-likeness (QED) is 0.837. The minimum atomic E-state index is -0.227. The van der Waals surface area contributed by atoms with Crippen molar-refractivity contribution in [2.75, 3.05) is 44.3 Å². The Hall–Kier alpha value is -2.80. The van der Waals surface area contributed by atoms with Crippen molar-refractivity contribution in [1.29, 1.82) is 0 Å². The fourth-order valence-electron chi connectivity index (χ4n) is 3.79. The molecule has 0 aromatic heterocycles. The summed E-state index contributed by atoms with van der Waals surface area (Å²) in [5.41, 5.74) is 1.93. The molecule has 0 saturated carbocycles. The second-order valence-corrected chi connectivity index (χ2v) is 7.33. The third-order valence-electron chi connectivity index (χ3n) is 5.53. The Morgan fingerprint density at radius 3 is 2.55 bits per heavy atom. The van der Waals surface area contributed by atoms with Gasteiger partial charge in [-0.2, -0.15) is 0 Å². The molecule has 2 aliphatic rings. The number of halogens is 1. The molecule has 6 nitrogen and oxygen atoms in total. The molecule has 7 heteroatoms. The summed E-state index contributed by atoms with van der Waals surface area (Å²) in [6, 6.07) is 12.1. The van der Waals surface area contributed by atoms with Crippen molar-refractivity contribution in [3.63, 3.8) is 0 Å². The number of ether oxygens (including phenoxy) is 2. The minimum absolute atomic E-state index is 0.00503. The summed E-state index contributed by atoms with van der Waals surface area (Å²) in [5.74, 6) is 1.22. The Morgan fingerprint density at radius 2 is 1.79 bits per heavy atom. The lowest BCUT2D eigenvalue weighted by Gasteiger charge is -2.38. The average Bonchev–Trinajstić information content (AvgIpc) is 2.77. The van der Waals surface area contributed by atoms with E-state index in [1.54, 1.807) is 12.1 Å². The Morgan fingerprint density at radius 1 is 1.07 bits per heavy atom. The normalized spacial score (nSPS) is 17.7. The third-order valence-corrected chi connectivity index (χ3v) is 5.53. The first kappa shape index (κ1) is 19.5. The summed E-state index contributed by atoms with van der Waals surface area (Å²) < 4.78 is 24.4. The lowest BCUT2D eigenvalue weighted by Crippen LogP contribution is -2.53. The van der Waals surface area contributed by atoms with Crippen LogP contribution in [0.4, 0.5) is 10.1 Å². The fourth-order valence-corrected chi connectivity index (χ4v) is 3.79. The number of hydrogen-bond donors (Lipinski definition) is 1. The maximum atomic E-state index is 13.1. The second-order valence-electron chi connectivity index (χ2n) is 7.33. The summed E-state index contributed by atoms with van der Waals surface area (Å²) in [6.07, 6.45) is 0. The first-order chi connectivity index (χ1) is 14.1. The van der Waals surface area contributed by atoms with Gasteiger partial charge in [0.15, 0.2) is 11.5 Å². The van der Waals surface area contributed by atoms with Crippen LogP contribution in [0.1, 0.15) is 12.5 Å². The van der Waals surface area contributed by atoms with Crippen molar-refractivity contribution in [1.82, 2.24) is 10.2 Å². The maximum absolute atomic E-state index is 13.1. The number of nitrogens with one attached hydrogen (secondary N) is 1. The molecule has 2 aliphatic heterocycles. The Labute approximate surface area is 170 Å². The van der Waals surface area contributed by atoms with E-state index in [1.807, 2.05) is 25.1 Å². The molecule has 0 bridgehead atoms. The molecule has 0 radical (unpaired) electrons. The molecule has 0 aliphatic carbocycles. The average molecular weight is 399 g/mol. The monoisotopic (exact) mass is 399 g/mol. The Kier molecular flexibility index (Phi) is 5.85. The molecule has 4 rings (SSSR count). The van der Waals surface area contributed by atoms with Crippen LogP contribution in [0.2, 0.25) is 0 Å². The van der Waals surface area contributed by atoms with Crippen molar-refractivity contribution in [2.45, 2.75) is 19.5 Å². The van der Waals surface area contributed by atoms with Gasteiger partial charge in [-0.05, 0) is 37.3 Å². The first-order valence-corrected chi connectivity index (χ1v) is 10.0. The number of nitrogens with zero attached hydrogens (tertiary/aromatic N) is 2. The standard InChI is InChI=1S/C22H26FN3O3/c1-16(25-9-11-26(12-10-25)19-7-5-18(23)6-8-19)22(27)24-15-17-3-2-4-20-21(17)29-14-13-28-20/h2-8,16H,9-15H2,1H3,(H,24,27). The molecule has 29 heavy (non-hydrogen) atoms. The van der Waals surface area contributed by atoms with E-state index < -0.39 is 0 Å². The van der Waals surface area contributed by atoms with Gasteiger partial charge in [0.25, 0.3) is 0 Å². The van der Waals surface area contributed by atoms with Gasteiger partial charge < -0.3 is 19.7 Å². The van der Waals surface area contributed by atoms with Gasteiger partial charge in [0.05, 0.1) is 6.04 Å². The predicted octanol–water partition coefficient (Wildman–Crippen LogP) is 2.42. The van der Waals surface area contributed by atoms with Gasteiger partial charge in [-0.25, -0.2) is 4.39 Å². The number of fused-ring (bicyclic) bond motifs is 1. The highest BCUT2D eigenvalue weighted by Gasteiger charge is 2.26. The highest BCUT2D eigenvalue weighted by molar-refractivity contribution is 5.81. The SMILES string of the molecule is CC(C(=O)NCc1cccc2c1OCCO2)N1CCN(c2ccc(F)cc2)CC1. The van der Waals surface area contributed by atoms with Crippen LogP contribution in [0.25, 0.3) is 0 Å². The van der Waals surface area contributed by atoms with E-state index >= 15 is 0 Å². The van der Waals surface area contributed by atoms with Crippen molar-refractivity contribution in [3.8, 4) is 11.5 Å². The fraction of sp³-hybridized carbons (Fsp3) is 0.409. The zero-order valence-corrected chi connectivity index (χ0v) is 16.6. The molecule has 1 unspecified atom stereocenters. The van der Waals surface area contributed by atoms with E-state index in [1.165, 1.54) is 12.1 Å². The van der Waals surface area contributed by atoms with Gasteiger partial charge in [-0.15, -0.1) is 0 Å². The van der Waals surface area contributed by atoms with Crippen molar-refractivity contribution in [2.24, 2.45) is 0 Å². The van der Waals surface area contributed by atoms with E-state index in [9.17, 15) is 9.18 Å². The van der Waals surface area contributed by atoms with Crippen LogP contribution < -0.4 is 19.7 Å². The summed E-state index contributed by atoms with van der Waals surface area (Å²) in [7, 11) is 0. The van der Waals surface area contributed by atoms with Crippen LogP contribution in [-0.4, -0.2) is 56.2 Å². The molecule has 1 saturated heterocycles. The van der Waals surface area contributed by atoms with E-state index in [-0.39, 0.29) is 17.8 Å². The highest BCUT2D eigenvalue weighted by atomic mass is 19.1. The Balaban J connectivity index is 1.29. The van der Waals surface area contributed by atoms with E-state index in [0.29, 0.717) is 19.8 Å². The number of carbonyl (C=O) groups is 1. The molecule has 0 spiro atoms. The molecule has 2 aromatic carbocycles. The van der Waals surface area contributed by atoms with Crippen LogP contribution in [0.3, 0.4) is 0 Å². The Bertz CT molecular complexity index is 851. The van der Waals surface area contributed by atoms with Gasteiger partial charge in [0, 0.05) is 44.0 Å². The summed E-state index contributed by atoms with van der Waals surface area (Å²) in [4.78, 5) is 17.1. The van der Waals surface area contributed by atoms with E-state index in [4.69, 9.17) is 9.47 Å². The molecule has 2 heterocycles. The lowest BCUT2D eigenvalue weighted by molar-refractivity contribution is -0.126. The smallest absolute Gasteiger partial charge is 0.237 e. The molecule has 1 amide bonds. The van der Waals surface area contributed by atoms with Gasteiger partial charge >= 0.3 is 0 Å². The van der Waals surface area contributed by atoms with Crippen LogP contribution in [0, 0.1) is 5.82 Å². The summed E-state index contributed by atoms with van der Waals surface area (Å²) >= 11 is 0. The number of para-hydroxylation sites is 1. The molecule has 1 N–H and O–H groups in total. The van der Waals surface area contributed by atoms with Gasteiger partial charge in [-0.1, -0.05) is 12.1 Å². The molecular formula is C22H26FN3O3. The van der Waals surface area contributed by atoms with Gasteiger partial charge in [0.2, 0.25) is 5.91 Å². The van der Waals surface area contributed by atoms with Gasteiger partial charge in [-0.3, -0.25) is 9.69 Å². The first-order valence-electron chi connectivity index (χ1n) is 10.0. The number of benzene rings is 2. The molecule has 2 aromatic rings. The van der Waals surface area contributed by atoms with Crippen LogP contribution in [0.5, 0.6) is 11.5 Å². The number of rotatable bonds is 5. The van der Waals surface area contributed by atoms with Crippen molar-refractivity contribution >= 4 is 11.6 Å². The van der Waals surface area contributed by atoms with Gasteiger partial charge in [0.1, 0.15) is 19.0 Å². The van der Waals surface area contributed by atoms with E-state index in [0.717, 1.165) is 48.9 Å². The maximum Gasteiger partial charge on any atom is 0.237 e. The molecule has 1 fully saturated rings. The zero-order valence-electron chi connectivity index (χ0n) is 16.6. The molecule has 154 valence electrons. The van der Waals surface area contributed by atoms with Crippen molar-refractivity contribution in [3.05, 3.63) is 53.8 Å². The number of amides is 1. The highest BCUT2D eigenvalue weighted by Crippen LogP contribution is 2.33. The van der Waals surface area contributed by atoms with Crippen LogP contribution in [-0.2, 0) is 11.3 Å². The van der Waals surface area contributed by atoms with Crippen molar-refractivity contribution < 1.29 is 18.7 Å². The minimum Gasteiger partial charge on any atom is -0.486 e. The lowest BCUT2D eigenvalue weighted by atomic mass is 10.1. The number of hydrogen-bond acceptors (Lipinski definition) is 5.